The first-order valence-corrected chi connectivity index (χ1v) is 8.07. The zero-order valence-corrected chi connectivity index (χ0v) is 11.9. The molecule has 1 amide bonds. The van der Waals surface area contributed by atoms with Crippen molar-refractivity contribution < 1.29 is 13.2 Å². The van der Waals surface area contributed by atoms with E-state index in [2.05, 4.69) is 5.32 Å². The van der Waals surface area contributed by atoms with Gasteiger partial charge in [0.2, 0.25) is 0 Å². The Hall–Kier alpha value is -1.40. The molecule has 6 heteroatoms. The van der Waals surface area contributed by atoms with E-state index in [1.54, 1.807) is 17.0 Å². The van der Waals surface area contributed by atoms with Crippen LogP contribution in [0, 0.1) is 0 Å². The summed E-state index contributed by atoms with van der Waals surface area (Å²) >= 11 is 0. The lowest BCUT2D eigenvalue weighted by molar-refractivity contribution is 0.0789. The number of sulfone groups is 1. The SMILES string of the molecule is CNC1CCN(C(=O)c2ccc(S(C)(=O)=O)cc2)C1. The normalized spacial score (nSPS) is 19.7. The topological polar surface area (TPSA) is 66.5 Å². The molecular formula is C13H18N2O3S. The van der Waals surface area contributed by atoms with Crippen LogP contribution in [0.2, 0.25) is 0 Å². The molecule has 19 heavy (non-hydrogen) atoms. The Bertz CT molecular complexity index is 566. The Labute approximate surface area is 113 Å². The van der Waals surface area contributed by atoms with Crippen LogP contribution in [0.5, 0.6) is 0 Å². The van der Waals surface area contributed by atoms with E-state index in [1.165, 1.54) is 12.1 Å². The smallest absolute Gasteiger partial charge is 0.253 e. The maximum atomic E-state index is 12.2. The second-order valence-corrected chi connectivity index (χ2v) is 6.84. The van der Waals surface area contributed by atoms with Crippen molar-refractivity contribution in [3.63, 3.8) is 0 Å². The maximum Gasteiger partial charge on any atom is 0.253 e. The van der Waals surface area contributed by atoms with Gasteiger partial charge in [0.15, 0.2) is 9.84 Å². The minimum absolute atomic E-state index is 0.0437. The van der Waals surface area contributed by atoms with Gasteiger partial charge in [-0.15, -0.1) is 0 Å². The summed E-state index contributed by atoms with van der Waals surface area (Å²) in [4.78, 5) is 14.2. The van der Waals surface area contributed by atoms with Crippen molar-refractivity contribution in [2.45, 2.75) is 17.4 Å². The quantitative estimate of drug-likeness (QED) is 0.878. The Kier molecular flexibility index (Phi) is 3.91. The van der Waals surface area contributed by atoms with E-state index in [1.807, 2.05) is 7.05 Å². The van der Waals surface area contributed by atoms with Gasteiger partial charge in [0.25, 0.3) is 5.91 Å². The van der Waals surface area contributed by atoms with Gasteiger partial charge in [-0.05, 0) is 37.7 Å². The first kappa shape index (κ1) is 14.0. The molecule has 1 aliphatic heterocycles. The number of nitrogens with zero attached hydrogens (tertiary/aromatic N) is 1. The van der Waals surface area contributed by atoms with Crippen LogP contribution in [0.15, 0.2) is 29.2 Å². The van der Waals surface area contributed by atoms with E-state index in [4.69, 9.17) is 0 Å². The van der Waals surface area contributed by atoms with Crippen LogP contribution in [0.25, 0.3) is 0 Å². The summed E-state index contributed by atoms with van der Waals surface area (Å²) in [5.74, 6) is -0.0437. The van der Waals surface area contributed by atoms with E-state index in [-0.39, 0.29) is 10.8 Å². The number of likely N-dealkylation sites (N-methyl/N-ethyl adjacent to an activating group) is 1. The van der Waals surface area contributed by atoms with Crippen molar-refractivity contribution in [1.82, 2.24) is 10.2 Å². The fourth-order valence-corrected chi connectivity index (χ4v) is 2.84. The van der Waals surface area contributed by atoms with Crippen molar-refractivity contribution in [2.24, 2.45) is 0 Å². The molecule has 104 valence electrons. The van der Waals surface area contributed by atoms with Gasteiger partial charge in [-0.25, -0.2) is 8.42 Å². The van der Waals surface area contributed by atoms with E-state index in [0.29, 0.717) is 18.2 Å². The van der Waals surface area contributed by atoms with Crippen LogP contribution >= 0.6 is 0 Å². The van der Waals surface area contributed by atoms with Crippen LogP contribution in [0.3, 0.4) is 0 Å². The Morgan fingerprint density at radius 2 is 1.95 bits per heavy atom. The van der Waals surface area contributed by atoms with Gasteiger partial charge >= 0.3 is 0 Å². The molecule has 0 spiro atoms. The third kappa shape index (κ3) is 3.13. The molecule has 1 heterocycles. The number of carbonyl (C=O) groups is 1. The fourth-order valence-electron chi connectivity index (χ4n) is 2.21. The molecule has 1 N–H and O–H groups in total. The van der Waals surface area contributed by atoms with E-state index in [9.17, 15) is 13.2 Å². The lowest BCUT2D eigenvalue weighted by Gasteiger charge is -2.16. The summed E-state index contributed by atoms with van der Waals surface area (Å²) in [7, 11) is -1.32. The first-order valence-electron chi connectivity index (χ1n) is 6.18. The standard InChI is InChI=1S/C13H18N2O3S/c1-14-11-7-8-15(9-11)13(16)10-3-5-12(6-4-10)19(2,17)18/h3-6,11,14H,7-9H2,1-2H3. The van der Waals surface area contributed by atoms with Crippen LogP contribution in [-0.2, 0) is 9.84 Å². The van der Waals surface area contributed by atoms with Crippen molar-refractivity contribution in [3.8, 4) is 0 Å². The summed E-state index contributed by atoms with van der Waals surface area (Å²) in [6.07, 6.45) is 2.10. The predicted molar refractivity (Wildman–Crippen MR) is 72.9 cm³/mol. The van der Waals surface area contributed by atoms with Crippen molar-refractivity contribution >= 4 is 15.7 Å². The lowest BCUT2D eigenvalue weighted by Crippen LogP contribution is -2.33. The summed E-state index contributed by atoms with van der Waals surface area (Å²) in [6.45, 7) is 1.43. The van der Waals surface area contributed by atoms with Gasteiger partial charge in [-0.2, -0.15) is 0 Å². The molecule has 0 aliphatic carbocycles. The number of rotatable bonds is 3. The average molecular weight is 282 g/mol. The highest BCUT2D eigenvalue weighted by Gasteiger charge is 2.25. The highest BCUT2D eigenvalue weighted by atomic mass is 32.2. The van der Waals surface area contributed by atoms with Gasteiger partial charge < -0.3 is 10.2 Å². The highest BCUT2D eigenvalue weighted by Crippen LogP contribution is 2.15. The molecule has 1 aliphatic rings. The molecule has 0 bridgehead atoms. The van der Waals surface area contributed by atoms with E-state index < -0.39 is 9.84 Å². The summed E-state index contributed by atoms with van der Waals surface area (Å²) in [6, 6.07) is 6.46. The van der Waals surface area contributed by atoms with Crippen molar-refractivity contribution in [3.05, 3.63) is 29.8 Å². The molecule has 1 unspecified atom stereocenters. The summed E-state index contributed by atoms with van der Waals surface area (Å²) in [5, 5.41) is 3.16. The third-order valence-corrected chi connectivity index (χ3v) is 4.54. The predicted octanol–water partition coefficient (Wildman–Crippen LogP) is 0.524. The zero-order valence-electron chi connectivity index (χ0n) is 11.1. The van der Waals surface area contributed by atoms with Crippen LogP contribution < -0.4 is 5.32 Å². The second kappa shape index (κ2) is 5.30. The molecule has 1 aromatic rings. The molecule has 5 nitrogen and oxygen atoms in total. The largest absolute Gasteiger partial charge is 0.337 e. The van der Waals surface area contributed by atoms with Gasteiger partial charge in [-0.1, -0.05) is 0 Å². The Balaban J connectivity index is 2.13. The summed E-state index contributed by atoms with van der Waals surface area (Å²) < 4.78 is 22.7. The Morgan fingerprint density at radius 1 is 1.32 bits per heavy atom. The van der Waals surface area contributed by atoms with E-state index in [0.717, 1.165) is 19.2 Å². The van der Waals surface area contributed by atoms with Crippen LogP contribution in [-0.4, -0.2) is 51.7 Å². The maximum absolute atomic E-state index is 12.2. The number of hydrogen-bond acceptors (Lipinski definition) is 4. The first-order chi connectivity index (χ1) is 8.91. The van der Waals surface area contributed by atoms with Crippen molar-refractivity contribution in [2.75, 3.05) is 26.4 Å². The Morgan fingerprint density at radius 3 is 2.42 bits per heavy atom. The molecule has 1 atom stereocenters. The molecule has 0 radical (unpaired) electrons. The van der Waals surface area contributed by atoms with Gasteiger partial charge in [0, 0.05) is 31.0 Å². The molecule has 1 aromatic carbocycles. The minimum Gasteiger partial charge on any atom is -0.337 e. The number of nitrogens with one attached hydrogen (secondary N) is 1. The number of amides is 1. The van der Waals surface area contributed by atoms with Gasteiger partial charge in [0.1, 0.15) is 0 Å². The fraction of sp³-hybridized carbons (Fsp3) is 0.462. The molecule has 2 rings (SSSR count). The third-order valence-electron chi connectivity index (χ3n) is 3.41. The highest BCUT2D eigenvalue weighted by molar-refractivity contribution is 7.90. The van der Waals surface area contributed by atoms with Crippen LogP contribution in [0.1, 0.15) is 16.8 Å². The lowest BCUT2D eigenvalue weighted by atomic mass is 10.2. The van der Waals surface area contributed by atoms with Crippen molar-refractivity contribution in [1.29, 1.82) is 0 Å². The van der Waals surface area contributed by atoms with Crippen LogP contribution in [0.4, 0.5) is 0 Å². The number of likely N-dealkylation sites (tertiary alicyclic amines) is 1. The molecule has 0 saturated carbocycles. The molecule has 0 aromatic heterocycles. The second-order valence-electron chi connectivity index (χ2n) is 4.82. The molecule has 1 saturated heterocycles. The average Bonchev–Trinajstić information content (AvgIpc) is 2.86. The number of hydrogen-bond donors (Lipinski definition) is 1. The summed E-state index contributed by atoms with van der Waals surface area (Å²) in [5.41, 5.74) is 0.532. The van der Waals surface area contributed by atoms with E-state index >= 15 is 0 Å². The number of carbonyl (C=O) groups excluding carboxylic acids is 1. The minimum atomic E-state index is -3.21. The number of benzene rings is 1. The molecular weight excluding hydrogens is 264 g/mol. The van der Waals surface area contributed by atoms with Gasteiger partial charge in [0.05, 0.1) is 4.90 Å². The zero-order chi connectivity index (χ0) is 14.0. The molecule has 1 fully saturated rings. The monoisotopic (exact) mass is 282 g/mol. The van der Waals surface area contributed by atoms with Gasteiger partial charge in [-0.3, -0.25) is 4.79 Å².